The predicted octanol–water partition coefficient (Wildman–Crippen LogP) is 3.73. The van der Waals surface area contributed by atoms with Gasteiger partial charge in [0.15, 0.2) is 0 Å². The van der Waals surface area contributed by atoms with Crippen LogP contribution in [0.5, 0.6) is 0 Å². The quantitative estimate of drug-likeness (QED) is 0.914. The topological polar surface area (TPSA) is 46.3 Å². The third-order valence-corrected chi connectivity index (χ3v) is 4.63. The molecule has 1 aromatic carbocycles. The molecule has 2 N–H and O–H groups in total. The fourth-order valence-electron chi connectivity index (χ4n) is 1.64. The van der Waals surface area contributed by atoms with E-state index in [2.05, 4.69) is 15.9 Å². The molecule has 0 aliphatic carbocycles. The number of nitrogen functional groups attached to an aromatic ring is 1. The van der Waals surface area contributed by atoms with Crippen LogP contribution in [0.25, 0.3) is 10.1 Å². The first kappa shape index (κ1) is 13.4. The highest BCUT2D eigenvalue weighted by molar-refractivity contribution is 9.10. The Balaban J connectivity index is 2.52. The van der Waals surface area contributed by atoms with Gasteiger partial charge >= 0.3 is 0 Å². The largest absolute Gasteiger partial charge is 0.397 e. The Labute approximate surface area is 119 Å². The average molecular weight is 327 g/mol. The van der Waals surface area contributed by atoms with Gasteiger partial charge in [0.1, 0.15) is 4.88 Å². The van der Waals surface area contributed by atoms with Crippen molar-refractivity contribution in [3.63, 3.8) is 0 Å². The lowest BCUT2D eigenvalue weighted by Crippen LogP contribution is -2.32. The van der Waals surface area contributed by atoms with Crippen LogP contribution in [-0.4, -0.2) is 23.9 Å². The van der Waals surface area contributed by atoms with Crippen molar-refractivity contribution in [1.82, 2.24) is 4.90 Å². The number of nitrogens with zero attached hydrogens (tertiary/aromatic N) is 1. The van der Waals surface area contributed by atoms with Crippen molar-refractivity contribution in [2.45, 2.75) is 19.9 Å². The molecule has 0 unspecified atom stereocenters. The van der Waals surface area contributed by atoms with Gasteiger partial charge in [-0.2, -0.15) is 0 Å². The summed E-state index contributed by atoms with van der Waals surface area (Å²) in [7, 11) is 1.80. The summed E-state index contributed by atoms with van der Waals surface area (Å²) >= 11 is 4.87. The van der Waals surface area contributed by atoms with Crippen LogP contribution in [-0.2, 0) is 0 Å². The number of fused-ring (bicyclic) bond motifs is 1. The summed E-state index contributed by atoms with van der Waals surface area (Å²) in [6, 6.07) is 6.03. The minimum atomic E-state index is -0.0141. The number of carbonyl (C=O) groups is 1. The van der Waals surface area contributed by atoms with E-state index in [0.29, 0.717) is 10.6 Å². The molecule has 0 spiro atoms. The van der Waals surface area contributed by atoms with Gasteiger partial charge in [0, 0.05) is 27.6 Å². The van der Waals surface area contributed by atoms with Crippen molar-refractivity contribution in [2.75, 3.05) is 12.8 Å². The van der Waals surface area contributed by atoms with Gasteiger partial charge in [-0.25, -0.2) is 0 Å². The highest BCUT2D eigenvalue weighted by atomic mass is 79.9. The van der Waals surface area contributed by atoms with E-state index in [9.17, 15) is 4.79 Å². The molecule has 1 aromatic heterocycles. The Bertz CT molecular complexity index is 606. The summed E-state index contributed by atoms with van der Waals surface area (Å²) in [6.45, 7) is 3.97. The molecular weight excluding hydrogens is 312 g/mol. The number of nitrogens with two attached hydrogens (primary N) is 1. The molecule has 0 saturated heterocycles. The molecule has 5 heteroatoms. The number of anilines is 1. The highest BCUT2D eigenvalue weighted by Crippen LogP contribution is 2.36. The molecule has 0 fully saturated rings. The summed E-state index contributed by atoms with van der Waals surface area (Å²) < 4.78 is 2.02. The van der Waals surface area contributed by atoms with Crippen LogP contribution in [0.4, 0.5) is 5.69 Å². The molecule has 0 saturated carbocycles. The van der Waals surface area contributed by atoms with E-state index in [1.54, 1.807) is 11.9 Å². The third-order valence-electron chi connectivity index (χ3n) is 2.98. The standard InChI is InChI=1S/C13H15BrN2OS/c1-7(2)16(3)13(17)12-11(15)9-5-4-8(14)6-10(9)18-12/h4-7H,15H2,1-3H3. The van der Waals surface area contributed by atoms with Crippen LogP contribution in [0.15, 0.2) is 22.7 Å². The molecule has 1 heterocycles. The van der Waals surface area contributed by atoms with E-state index in [-0.39, 0.29) is 11.9 Å². The maximum absolute atomic E-state index is 12.3. The highest BCUT2D eigenvalue weighted by Gasteiger charge is 2.21. The molecule has 0 radical (unpaired) electrons. The summed E-state index contributed by atoms with van der Waals surface area (Å²) in [4.78, 5) is 14.6. The number of thiophene rings is 1. The van der Waals surface area contributed by atoms with Gasteiger partial charge in [-0.3, -0.25) is 4.79 Å². The molecule has 2 rings (SSSR count). The van der Waals surface area contributed by atoms with Crippen molar-refractivity contribution in [2.24, 2.45) is 0 Å². The molecule has 3 nitrogen and oxygen atoms in total. The fourth-order valence-corrected chi connectivity index (χ4v) is 3.30. The van der Waals surface area contributed by atoms with E-state index < -0.39 is 0 Å². The van der Waals surface area contributed by atoms with E-state index in [4.69, 9.17) is 5.73 Å². The van der Waals surface area contributed by atoms with Crippen molar-refractivity contribution in [3.05, 3.63) is 27.5 Å². The first-order chi connectivity index (χ1) is 8.41. The van der Waals surface area contributed by atoms with Crippen LogP contribution in [0.3, 0.4) is 0 Å². The van der Waals surface area contributed by atoms with Crippen LogP contribution in [0, 0.1) is 0 Å². The number of hydrogen-bond donors (Lipinski definition) is 1. The zero-order chi connectivity index (χ0) is 13.4. The Hall–Kier alpha value is -1.07. The second kappa shape index (κ2) is 4.90. The van der Waals surface area contributed by atoms with Crippen molar-refractivity contribution in [1.29, 1.82) is 0 Å². The van der Waals surface area contributed by atoms with Gasteiger partial charge in [-0.05, 0) is 26.0 Å². The first-order valence-corrected chi connectivity index (χ1v) is 7.27. The Morgan fingerprint density at radius 3 is 2.72 bits per heavy atom. The SMILES string of the molecule is CC(C)N(C)C(=O)c1sc2cc(Br)ccc2c1N. The van der Waals surface area contributed by atoms with Crippen LogP contribution < -0.4 is 5.73 Å². The monoisotopic (exact) mass is 326 g/mol. The summed E-state index contributed by atoms with van der Waals surface area (Å²) in [5, 5.41) is 0.948. The molecule has 0 aliphatic heterocycles. The van der Waals surface area contributed by atoms with Crippen LogP contribution in [0.2, 0.25) is 0 Å². The predicted molar refractivity (Wildman–Crippen MR) is 81.2 cm³/mol. The molecular formula is C13H15BrN2OS. The summed E-state index contributed by atoms with van der Waals surface area (Å²) in [5.41, 5.74) is 6.66. The Kier molecular flexibility index (Phi) is 3.64. The molecule has 96 valence electrons. The Morgan fingerprint density at radius 2 is 2.11 bits per heavy atom. The van der Waals surface area contributed by atoms with Crippen molar-refractivity contribution >= 4 is 48.9 Å². The zero-order valence-electron chi connectivity index (χ0n) is 10.5. The molecule has 0 bridgehead atoms. The molecule has 0 aliphatic rings. The van der Waals surface area contributed by atoms with Gasteiger partial charge in [0.05, 0.1) is 5.69 Å². The van der Waals surface area contributed by atoms with Gasteiger partial charge in [-0.15, -0.1) is 11.3 Å². The average Bonchev–Trinajstić information content (AvgIpc) is 2.64. The van der Waals surface area contributed by atoms with E-state index in [1.165, 1.54) is 11.3 Å². The smallest absolute Gasteiger partial charge is 0.266 e. The van der Waals surface area contributed by atoms with Gasteiger partial charge in [-0.1, -0.05) is 22.0 Å². The maximum atomic E-state index is 12.3. The molecule has 18 heavy (non-hydrogen) atoms. The third kappa shape index (κ3) is 2.24. The van der Waals surface area contributed by atoms with E-state index in [0.717, 1.165) is 14.6 Å². The zero-order valence-corrected chi connectivity index (χ0v) is 12.9. The van der Waals surface area contributed by atoms with Gasteiger partial charge in [0.2, 0.25) is 0 Å². The fraction of sp³-hybridized carbons (Fsp3) is 0.308. The van der Waals surface area contributed by atoms with Gasteiger partial charge < -0.3 is 10.6 Å². The summed E-state index contributed by atoms with van der Waals surface area (Å²) in [5.74, 6) is -0.0141. The second-order valence-corrected chi connectivity index (χ2v) is 6.46. The normalized spacial score (nSPS) is 11.2. The number of benzene rings is 1. The molecule has 1 amide bonds. The lowest BCUT2D eigenvalue weighted by Gasteiger charge is -2.20. The van der Waals surface area contributed by atoms with Crippen LogP contribution in [0.1, 0.15) is 23.5 Å². The van der Waals surface area contributed by atoms with Crippen LogP contribution >= 0.6 is 27.3 Å². The number of rotatable bonds is 2. The number of amides is 1. The number of halogens is 1. The minimum Gasteiger partial charge on any atom is -0.397 e. The second-order valence-electron chi connectivity index (χ2n) is 4.50. The number of hydrogen-bond acceptors (Lipinski definition) is 3. The van der Waals surface area contributed by atoms with E-state index >= 15 is 0 Å². The molecule has 2 aromatic rings. The lowest BCUT2D eigenvalue weighted by molar-refractivity contribution is 0.0761. The first-order valence-electron chi connectivity index (χ1n) is 5.66. The molecule has 0 atom stereocenters. The number of carbonyl (C=O) groups excluding carboxylic acids is 1. The Morgan fingerprint density at radius 1 is 1.44 bits per heavy atom. The van der Waals surface area contributed by atoms with Crippen molar-refractivity contribution in [3.8, 4) is 0 Å². The van der Waals surface area contributed by atoms with Gasteiger partial charge in [0.25, 0.3) is 5.91 Å². The maximum Gasteiger partial charge on any atom is 0.266 e. The van der Waals surface area contributed by atoms with E-state index in [1.807, 2.05) is 32.0 Å². The van der Waals surface area contributed by atoms with Crippen molar-refractivity contribution < 1.29 is 4.79 Å². The lowest BCUT2D eigenvalue weighted by atomic mass is 10.2. The summed E-state index contributed by atoms with van der Waals surface area (Å²) in [6.07, 6.45) is 0. The minimum absolute atomic E-state index is 0.0141.